The van der Waals surface area contributed by atoms with E-state index in [0.29, 0.717) is 0 Å². The molecule has 0 aromatic heterocycles. The van der Waals surface area contributed by atoms with Crippen LogP contribution in [0.4, 0.5) is 5.69 Å². The number of nitriles is 1. The van der Waals surface area contributed by atoms with Gasteiger partial charge < -0.3 is 5.32 Å². The Balaban J connectivity index is 2.12. The monoisotopic (exact) mass is 264 g/mol. The van der Waals surface area contributed by atoms with Crippen molar-refractivity contribution in [2.45, 2.75) is 20.3 Å². The van der Waals surface area contributed by atoms with E-state index in [0.717, 1.165) is 18.7 Å². The van der Waals surface area contributed by atoms with Crippen LogP contribution in [0, 0.1) is 16.7 Å². The molecule has 0 unspecified atom stereocenters. The normalized spacial score (nSPS) is 10.8. The zero-order chi connectivity index (χ0) is 14.4. The van der Waals surface area contributed by atoms with Gasteiger partial charge in [-0.05, 0) is 31.9 Å². The summed E-state index contributed by atoms with van der Waals surface area (Å²) in [7, 11) is 0. The molecule has 0 saturated heterocycles. The lowest BCUT2D eigenvalue weighted by atomic mass is 9.91. The van der Waals surface area contributed by atoms with Crippen molar-refractivity contribution < 1.29 is 0 Å². The summed E-state index contributed by atoms with van der Waals surface area (Å²) in [6.45, 7) is 4.74. The molecule has 0 heterocycles. The number of rotatable bonds is 5. The molecule has 20 heavy (non-hydrogen) atoms. The smallest absolute Gasteiger partial charge is 0.0684 e. The van der Waals surface area contributed by atoms with Gasteiger partial charge in [-0.15, -0.1) is 0 Å². The Bertz CT molecular complexity index is 594. The van der Waals surface area contributed by atoms with Crippen molar-refractivity contribution in [3.63, 3.8) is 0 Å². The third-order valence-electron chi connectivity index (χ3n) is 3.38. The Morgan fingerprint density at radius 1 is 1.00 bits per heavy atom. The number of para-hydroxylation sites is 1. The Morgan fingerprint density at radius 2 is 1.65 bits per heavy atom. The minimum absolute atomic E-state index is 0.283. The molecule has 2 aromatic rings. The van der Waals surface area contributed by atoms with E-state index in [4.69, 9.17) is 5.26 Å². The quantitative estimate of drug-likeness (QED) is 0.849. The van der Waals surface area contributed by atoms with Crippen LogP contribution in [0.5, 0.6) is 0 Å². The van der Waals surface area contributed by atoms with Gasteiger partial charge >= 0.3 is 0 Å². The van der Waals surface area contributed by atoms with Gasteiger partial charge in [-0.2, -0.15) is 5.26 Å². The fourth-order valence-corrected chi connectivity index (χ4v) is 2.07. The van der Waals surface area contributed by atoms with Crippen molar-refractivity contribution in [2.24, 2.45) is 5.41 Å². The van der Waals surface area contributed by atoms with Crippen molar-refractivity contribution in [3.05, 3.63) is 54.6 Å². The molecular formula is C18H20N2. The van der Waals surface area contributed by atoms with Gasteiger partial charge in [0.25, 0.3) is 0 Å². The van der Waals surface area contributed by atoms with E-state index in [2.05, 4.69) is 35.7 Å². The molecule has 2 nitrogen and oxygen atoms in total. The molecule has 2 aromatic carbocycles. The maximum absolute atomic E-state index is 9.05. The zero-order valence-corrected chi connectivity index (χ0v) is 12.1. The Morgan fingerprint density at radius 3 is 2.35 bits per heavy atom. The SMILES string of the molecule is CC(C)(C#N)CCNc1ccccc1-c1ccccc1. The summed E-state index contributed by atoms with van der Waals surface area (Å²) in [5.41, 5.74) is 3.24. The maximum Gasteiger partial charge on any atom is 0.0684 e. The minimum Gasteiger partial charge on any atom is -0.384 e. The first kappa shape index (κ1) is 14.1. The molecule has 1 N–H and O–H groups in total. The average Bonchev–Trinajstić information content (AvgIpc) is 2.48. The van der Waals surface area contributed by atoms with E-state index in [1.165, 1.54) is 11.1 Å². The van der Waals surface area contributed by atoms with Crippen LogP contribution in [-0.2, 0) is 0 Å². The number of benzene rings is 2. The van der Waals surface area contributed by atoms with Gasteiger partial charge in [0.05, 0.1) is 11.5 Å². The van der Waals surface area contributed by atoms with Gasteiger partial charge in [0.1, 0.15) is 0 Å². The van der Waals surface area contributed by atoms with Gasteiger partial charge in [-0.25, -0.2) is 0 Å². The molecule has 0 fully saturated rings. The van der Waals surface area contributed by atoms with Crippen LogP contribution in [0.3, 0.4) is 0 Å². The van der Waals surface area contributed by atoms with Crippen molar-refractivity contribution in [1.29, 1.82) is 5.26 Å². The highest BCUT2D eigenvalue weighted by atomic mass is 14.9. The molecule has 0 bridgehead atoms. The second kappa shape index (κ2) is 6.25. The number of nitrogens with one attached hydrogen (secondary N) is 1. The lowest BCUT2D eigenvalue weighted by Gasteiger charge is -2.17. The highest BCUT2D eigenvalue weighted by Crippen LogP contribution is 2.28. The van der Waals surface area contributed by atoms with E-state index in [-0.39, 0.29) is 5.41 Å². The van der Waals surface area contributed by atoms with Gasteiger partial charge in [0, 0.05) is 17.8 Å². The van der Waals surface area contributed by atoms with Crippen LogP contribution in [0.2, 0.25) is 0 Å². The lowest BCUT2D eigenvalue weighted by molar-refractivity contribution is 0.466. The standard InChI is InChI=1S/C18H20N2/c1-18(2,14-19)12-13-20-17-11-7-6-10-16(17)15-8-4-3-5-9-15/h3-11,20H,12-13H2,1-2H3. The van der Waals surface area contributed by atoms with Crippen LogP contribution in [-0.4, -0.2) is 6.54 Å². The zero-order valence-electron chi connectivity index (χ0n) is 12.1. The van der Waals surface area contributed by atoms with Gasteiger partial charge in [0.2, 0.25) is 0 Å². The molecule has 2 rings (SSSR count). The summed E-state index contributed by atoms with van der Waals surface area (Å²) in [6, 6.07) is 21.0. The van der Waals surface area contributed by atoms with Crippen molar-refractivity contribution >= 4 is 5.69 Å². The molecular weight excluding hydrogens is 244 g/mol. The fourth-order valence-electron chi connectivity index (χ4n) is 2.07. The van der Waals surface area contributed by atoms with Crippen LogP contribution >= 0.6 is 0 Å². The second-order valence-corrected chi connectivity index (χ2v) is 5.58. The molecule has 0 radical (unpaired) electrons. The van der Waals surface area contributed by atoms with Gasteiger partial charge in [-0.3, -0.25) is 0 Å². The van der Waals surface area contributed by atoms with E-state index in [1.54, 1.807) is 0 Å². The van der Waals surface area contributed by atoms with Crippen molar-refractivity contribution in [3.8, 4) is 17.2 Å². The maximum atomic E-state index is 9.05. The summed E-state index contributed by atoms with van der Waals surface area (Å²) in [5.74, 6) is 0. The van der Waals surface area contributed by atoms with E-state index < -0.39 is 0 Å². The summed E-state index contributed by atoms with van der Waals surface area (Å²) in [4.78, 5) is 0. The number of hydrogen-bond donors (Lipinski definition) is 1. The first-order valence-corrected chi connectivity index (χ1v) is 6.92. The third-order valence-corrected chi connectivity index (χ3v) is 3.38. The van der Waals surface area contributed by atoms with Crippen LogP contribution in [0.15, 0.2) is 54.6 Å². The minimum atomic E-state index is -0.283. The largest absolute Gasteiger partial charge is 0.384 e. The molecule has 0 amide bonds. The predicted molar refractivity (Wildman–Crippen MR) is 84.4 cm³/mol. The average molecular weight is 264 g/mol. The van der Waals surface area contributed by atoms with Gasteiger partial charge in [-0.1, -0.05) is 48.5 Å². The van der Waals surface area contributed by atoms with Crippen molar-refractivity contribution in [2.75, 3.05) is 11.9 Å². The summed E-state index contributed by atoms with van der Waals surface area (Å²) < 4.78 is 0. The summed E-state index contributed by atoms with van der Waals surface area (Å²) in [5, 5.41) is 12.5. The molecule has 0 aliphatic carbocycles. The van der Waals surface area contributed by atoms with E-state index in [1.807, 2.05) is 44.2 Å². The Hall–Kier alpha value is -2.27. The van der Waals surface area contributed by atoms with Crippen LogP contribution < -0.4 is 5.32 Å². The molecule has 0 aliphatic rings. The number of anilines is 1. The number of hydrogen-bond acceptors (Lipinski definition) is 2. The van der Waals surface area contributed by atoms with E-state index in [9.17, 15) is 0 Å². The van der Waals surface area contributed by atoms with Crippen LogP contribution in [0.1, 0.15) is 20.3 Å². The third kappa shape index (κ3) is 3.61. The first-order chi connectivity index (χ1) is 9.62. The topological polar surface area (TPSA) is 35.8 Å². The number of nitrogens with zero attached hydrogens (tertiary/aromatic N) is 1. The molecule has 0 spiro atoms. The van der Waals surface area contributed by atoms with Gasteiger partial charge in [0.15, 0.2) is 0 Å². The second-order valence-electron chi connectivity index (χ2n) is 5.58. The molecule has 0 aliphatic heterocycles. The Labute approximate surface area is 121 Å². The highest BCUT2D eigenvalue weighted by Gasteiger charge is 2.15. The first-order valence-electron chi connectivity index (χ1n) is 6.92. The summed E-state index contributed by atoms with van der Waals surface area (Å²) in [6.07, 6.45) is 0.826. The molecule has 0 atom stereocenters. The lowest BCUT2D eigenvalue weighted by Crippen LogP contribution is -2.14. The molecule has 102 valence electrons. The molecule has 2 heteroatoms. The molecule has 0 saturated carbocycles. The summed E-state index contributed by atoms with van der Waals surface area (Å²) >= 11 is 0. The highest BCUT2D eigenvalue weighted by molar-refractivity contribution is 5.77. The Kier molecular flexibility index (Phi) is 4.42. The van der Waals surface area contributed by atoms with Crippen LogP contribution in [0.25, 0.3) is 11.1 Å². The van der Waals surface area contributed by atoms with E-state index >= 15 is 0 Å². The predicted octanol–water partition coefficient (Wildman–Crippen LogP) is 4.71. The van der Waals surface area contributed by atoms with Crippen molar-refractivity contribution in [1.82, 2.24) is 0 Å². The fraction of sp³-hybridized carbons (Fsp3) is 0.278.